The van der Waals surface area contributed by atoms with Crippen molar-refractivity contribution in [2.75, 3.05) is 7.11 Å². The summed E-state index contributed by atoms with van der Waals surface area (Å²) >= 11 is 0. The zero-order chi connectivity index (χ0) is 17.3. The molecule has 1 heterocycles. The summed E-state index contributed by atoms with van der Waals surface area (Å²) in [5, 5.41) is 4.20. The van der Waals surface area contributed by atoms with E-state index in [1.165, 1.54) is 38.5 Å². The summed E-state index contributed by atoms with van der Waals surface area (Å²) in [5.74, 6) is 0. The van der Waals surface area contributed by atoms with Crippen molar-refractivity contribution in [2.45, 2.75) is 104 Å². The molecule has 1 aliphatic rings. The first kappa shape index (κ1) is 20.5. The van der Waals surface area contributed by atoms with Crippen LogP contribution in [0.3, 0.4) is 0 Å². The van der Waals surface area contributed by atoms with E-state index < -0.39 is 0 Å². The van der Waals surface area contributed by atoms with Gasteiger partial charge < -0.3 is 14.1 Å². The molecule has 23 heavy (non-hydrogen) atoms. The lowest BCUT2D eigenvalue weighted by Gasteiger charge is -2.32. The molecule has 0 aliphatic carbocycles. The molecule has 0 radical (unpaired) electrons. The number of unbranched alkanes of at least 4 members (excludes halogenated alkanes) is 5. The molecule has 0 bridgehead atoms. The molecule has 5 heteroatoms. The zero-order valence-corrected chi connectivity index (χ0v) is 16.1. The Labute approximate surface area is 143 Å². The first-order valence-corrected chi connectivity index (χ1v) is 9.27. The maximum absolute atomic E-state index is 6.04. The molecule has 1 rings (SSSR count). The lowest BCUT2D eigenvalue weighted by molar-refractivity contribution is 0.00578. The third-order valence-electron chi connectivity index (χ3n) is 5.01. The standard InChI is InChI=1S/C18H36BNO3/c1-7-8-9-10-11-12-13-16(20-21-6)14-15-19-22-17(2,3)18(4,5)23-19/h7-15H2,1-6H3/b20-16-. The molecular weight excluding hydrogens is 289 g/mol. The minimum atomic E-state index is -0.254. The van der Waals surface area contributed by atoms with Crippen molar-refractivity contribution in [3.63, 3.8) is 0 Å². The molecule has 0 aromatic rings. The average molecular weight is 325 g/mol. The van der Waals surface area contributed by atoms with E-state index in [0.29, 0.717) is 0 Å². The van der Waals surface area contributed by atoms with Gasteiger partial charge in [0, 0.05) is 0 Å². The van der Waals surface area contributed by atoms with Crippen LogP contribution in [-0.4, -0.2) is 31.1 Å². The van der Waals surface area contributed by atoms with E-state index in [-0.39, 0.29) is 18.3 Å². The van der Waals surface area contributed by atoms with Gasteiger partial charge in [0.05, 0.1) is 16.9 Å². The van der Waals surface area contributed by atoms with Crippen molar-refractivity contribution in [1.82, 2.24) is 0 Å². The van der Waals surface area contributed by atoms with Crippen LogP contribution in [0.25, 0.3) is 0 Å². The van der Waals surface area contributed by atoms with E-state index >= 15 is 0 Å². The van der Waals surface area contributed by atoms with Gasteiger partial charge in [-0.3, -0.25) is 0 Å². The van der Waals surface area contributed by atoms with Gasteiger partial charge in [-0.15, -0.1) is 0 Å². The Morgan fingerprint density at radius 2 is 1.48 bits per heavy atom. The van der Waals surface area contributed by atoms with Crippen LogP contribution in [0, 0.1) is 0 Å². The van der Waals surface area contributed by atoms with Gasteiger partial charge in [0.1, 0.15) is 7.11 Å². The second-order valence-electron chi connectivity index (χ2n) is 7.58. The van der Waals surface area contributed by atoms with Crippen LogP contribution in [0.5, 0.6) is 0 Å². The predicted molar refractivity (Wildman–Crippen MR) is 97.9 cm³/mol. The van der Waals surface area contributed by atoms with E-state index in [9.17, 15) is 0 Å². The third-order valence-corrected chi connectivity index (χ3v) is 5.01. The van der Waals surface area contributed by atoms with Gasteiger partial charge in [0.25, 0.3) is 0 Å². The van der Waals surface area contributed by atoms with Gasteiger partial charge >= 0.3 is 7.12 Å². The van der Waals surface area contributed by atoms with E-state index in [4.69, 9.17) is 14.1 Å². The number of hydrogen-bond donors (Lipinski definition) is 0. The summed E-state index contributed by atoms with van der Waals surface area (Å²) in [6.07, 6.45) is 10.5. The van der Waals surface area contributed by atoms with Crippen LogP contribution in [0.2, 0.25) is 6.32 Å². The number of hydrogen-bond acceptors (Lipinski definition) is 4. The lowest BCUT2D eigenvalue weighted by atomic mass is 9.81. The second kappa shape index (κ2) is 9.68. The minimum absolute atomic E-state index is 0.147. The van der Waals surface area contributed by atoms with Gasteiger partial charge in [-0.1, -0.05) is 44.2 Å². The second-order valence-corrected chi connectivity index (χ2v) is 7.58. The Kier molecular flexibility index (Phi) is 8.63. The highest BCUT2D eigenvalue weighted by Crippen LogP contribution is 2.38. The Morgan fingerprint density at radius 1 is 0.913 bits per heavy atom. The zero-order valence-electron chi connectivity index (χ0n) is 16.1. The lowest BCUT2D eigenvalue weighted by Crippen LogP contribution is -2.41. The summed E-state index contributed by atoms with van der Waals surface area (Å²) in [5.41, 5.74) is 0.614. The molecule has 0 spiro atoms. The molecular formula is C18H36BNO3. The van der Waals surface area contributed by atoms with Crippen molar-refractivity contribution in [2.24, 2.45) is 5.16 Å². The van der Waals surface area contributed by atoms with Crippen LogP contribution >= 0.6 is 0 Å². The highest BCUT2D eigenvalue weighted by Gasteiger charge is 2.50. The maximum atomic E-state index is 6.04. The van der Waals surface area contributed by atoms with Gasteiger partial charge in [-0.05, 0) is 53.3 Å². The van der Waals surface area contributed by atoms with Gasteiger partial charge in [-0.25, -0.2) is 0 Å². The van der Waals surface area contributed by atoms with Crippen molar-refractivity contribution in [1.29, 1.82) is 0 Å². The molecule has 4 nitrogen and oxygen atoms in total. The average Bonchev–Trinajstić information content (AvgIpc) is 2.67. The van der Waals surface area contributed by atoms with Crippen molar-refractivity contribution in [3.8, 4) is 0 Å². The smallest absolute Gasteiger partial charge is 0.403 e. The quantitative estimate of drug-likeness (QED) is 0.226. The van der Waals surface area contributed by atoms with E-state index in [1.807, 2.05) is 0 Å². The van der Waals surface area contributed by atoms with E-state index in [2.05, 4.69) is 39.8 Å². The molecule has 0 atom stereocenters. The van der Waals surface area contributed by atoms with Crippen molar-refractivity contribution >= 4 is 12.8 Å². The van der Waals surface area contributed by atoms with Gasteiger partial charge in [-0.2, -0.15) is 0 Å². The van der Waals surface area contributed by atoms with Crippen LogP contribution in [0.1, 0.15) is 86.0 Å². The van der Waals surface area contributed by atoms with E-state index in [0.717, 1.165) is 24.9 Å². The first-order chi connectivity index (χ1) is 10.8. The molecule has 1 fully saturated rings. The summed E-state index contributed by atoms with van der Waals surface area (Å²) < 4.78 is 12.1. The monoisotopic (exact) mass is 325 g/mol. The molecule has 0 saturated carbocycles. The Hall–Kier alpha value is -0.545. The summed E-state index contributed by atoms with van der Waals surface area (Å²) in [7, 11) is 1.47. The molecule has 0 unspecified atom stereocenters. The number of rotatable bonds is 11. The largest absolute Gasteiger partial charge is 0.458 e. The fraction of sp³-hybridized carbons (Fsp3) is 0.944. The Morgan fingerprint density at radius 3 is 2.04 bits per heavy atom. The fourth-order valence-electron chi connectivity index (χ4n) is 2.82. The van der Waals surface area contributed by atoms with Crippen LogP contribution < -0.4 is 0 Å². The van der Waals surface area contributed by atoms with Gasteiger partial charge in [0.15, 0.2) is 0 Å². The Bertz CT molecular complexity index is 353. The number of oxime groups is 1. The predicted octanol–water partition coefficient (Wildman–Crippen LogP) is 5.22. The van der Waals surface area contributed by atoms with Crippen LogP contribution in [-0.2, 0) is 14.1 Å². The summed E-state index contributed by atoms with van der Waals surface area (Å²) in [4.78, 5) is 5.00. The summed E-state index contributed by atoms with van der Waals surface area (Å²) in [6.45, 7) is 10.6. The van der Waals surface area contributed by atoms with Crippen LogP contribution in [0.15, 0.2) is 5.16 Å². The number of nitrogens with zero attached hydrogens (tertiary/aromatic N) is 1. The molecule has 1 saturated heterocycles. The topological polar surface area (TPSA) is 40.0 Å². The van der Waals surface area contributed by atoms with Crippen molar-refractivity contribution in [3.05, 3.63) is 0 Å². The van der Waals surface area contributed by atoms with E-state index in [1.54, 1.807) is 7.11 Å². The SMILES string of the molecule is CCCCCCCC/C(CCB1OC(C)(C)C(C)(C)O1)=N/OC. The molecule has 0 aromatic carbocycles. The molecule has 1 aliphatic heterocycles. The summed E-state index contributed by atoms with van der Waals surface area (Å²) in [6, 6.07) is 0. The maximum Gasteiger partial charge on any atom is 0.458 e. The molecule has 0 amide bonds. The fourth-order valence-corrected chi connectivity index (χ4v) is 2.82. The Balaban J connectivity index is 2.30. The highest BCUT2D eigenvalue weighted by atomic mass is 16.7. The van der Waals surface area contributed by atoms with Crippen molar-refractivity contribution < 1.29 is 14.1 Å². The molecule has 0 N–H and O–H groups in total. The normalized spacial score (nSPS) is 20.1. The molecule has 134 valence electrons. The first-order valence-electron chi connectivity index (χ1n) is 9.27. The van der Waals surface area contributed by atoms with Gasteiger partial charge in [0.2, 0.25) is 0 Å². The minimum Gasteiger partial charge on any atom is -0.403 e. The third kappa shape index (κ3) is 6.84. The van der Waals surface area contributed by atoms with Crippen LogP contribution in [0.4, 0.5) is 0 Å². The molecule has 0 aromatic heterocycles. The highest BCUT2D eigenvalue weighted by molar-refractivity contribution is 6.45.